The van der Waals surface area contributed by atoms with E-state index in [1.807, 2.05) is 6.92 Å². The summed E-state index contributed by atoms with van der Waals surface area (Å²) in [7, 11) is 0. The van der Waals surface area contributed by atoms with Crippen molar-refractivity contribution in [1.82, 2.24) is 5.32 Å². The van der Waals surface area contributed by atoms with Crippen molar-refractivity contribution < 1.29 is 9.59 Å². The maximum absolute atomic E-state index is 11.8. The van der Waals surface area contributed by atoms with Gasteiger partial charge in [-0.15, -0.1) is 0 Å². The molecule has 0 bridgehead atoms. The number of rotatable bonds is 5. The summed E-state index contributed by atoms with van der Waals surface area (Å²) in [5, 5.41) is 5.89. The second-order valence-electron chi connectivity index (χ2n) is 5.96. The van der Waals surface area contributed by atoms with Crippen LogP contribution in [0.15, 0.2) is 18.2 Å². The number of carbonyl (C=O) groups is 2. The Bertz CT molecular complexity index is 539. The molecular weight excluding hydrogens is 300 g/mol. The summed E-state index contributed by atoms with van der Waals surface area (Å²) in [5.74, 6) is -0.408. The van der Waals surface area contributed by atoms with Crippen molar-refractivity contribution >= 4 is 29.1 Å². The van der Waals surface area contributed by atoms with Crippen molar-refractivity contribution in [2.45, 2.75) is 45.4 Å². The standard InChI is InChI=1S/C17H23ClN2O2/c1-12-11-14(18)8-9-15(12)20-17(22)16(21)19-10-4-7-13-5-2-3-6-13/h8-9,11,13H,2-7,10H2,1H3,(H,19,21)(H,20,22). The van der Waals surface area contributed by atoms with Gasteiger partial charge in [-0.2, -0.15) is 0 Å². The Kier molecular flexibility index (Phi) is 6.25. The highest BCUT2D eigenvalue weighted by Gasteiger charge is 2.16. The van der Waals surface area contributed by atoms with Crippen molar-refractivity contribution in [3.8, 4) is 0 Å². The summed E-state index contributed by atoms with van der Waals surface area (Å²) in [4.78, 5) is 23.6. The van der Waals surface area contributed by atoms with Crippen LogP contribution in [-0.4, -0.2) is 18.4 Å². The summed E-state index contributed by atoms with van der Waals surface area (Å²) in [6, 6.07) is 5.13. The highest BCUT2D eigenvalue weighted by Crippen LogP contribution is 2.28. The van der Waals surface area contributed by atoms with Crippen LogP contribution < -0.4 is 10.6 Å². The molecule has 0 atom stereocenters. The van der Waals surface area contributed by atoms with Crippen LogP contribution in [0.4, 0.5) is 5.69 Å². The molecule has 2 rings (SSSR count). The molecule has 0 aliphatic heterocycles. The molecule has 22 heavy (non-hydrogen) atoms. The molecule has 2 amide bonds. The number of hydrogen-bond donors (Lipinski definition) is 2. The first-order valence-electron chi connectivity index (χ1n) is 7.91. The summed E-state index contributed by atoms with van der Waals surface area (Å²) in [5.41, 5.74) is 1.44. The van der Waals surface area contributed by atoms with Gasteiger partial charge in [0.1, 0.15) is 0 Å². The van der Waals surface area contributed by atoms with Gasteiger partial charge in [-0.25, -0.2) is 0 Å². The SMILES string of the molecule is Cc1cc(Cl)ccc1NC(=O)C(=O)NCCCC1CCCC1. The van der Waals surface area contributed by atoms with E-state index in [1.54, 1.807) is 18.2 Å². The fourth-order valence-electron chi connectivity index (χ4n) is 2.92. The highest BCUT2D eigenvalue weighted by molar-refractivity contribution is 6.39. The number of amides is 2. The molecule has 4 nitrogen and oxygen atoms in total. The molecule has 1 saturated carbocycles. The summed E-state index contributed by atoms with van der Waals surface area (Å²) >= 11 is 5.86. The lowest BCUT2D eigenvalue weighted by Crippen LogP contribution is -2.36. The van der Waals surface area contributed by atoms with Crippen LogP contribution in [0, 0.1) is 12.8 Å². The Morgan fingerprint density at radius 3 is 2.64 bits per heavy atom. The minimum atomic E-state index is -0.633. The largest absolute Gasteiger partial charge is 0.348 e. The van der Waals surface area contributed by atoms with Crippen LogP contribution in [0.2, 0.25) is 5.02 Å². The van der Waals surface area contributed by atoms with Crippen molar-refractivity contribution in [2.24, 2.45) is 5.92 Å². The van der Waals surface area contributed by atoms with Gasteiger partial charge in [-0.3, -0.25) is 9.59 Å². The Labute approximate surface area is 136 Å². The predicted octanol–water partition coefficient (Wildman–Crippen LogP) is 3.67. The number of nitrogens with one attached hydrogen (secondary N) is 2. The van der Waals surface area contributed by atoms with Gasteiger partial charge >= 0.3 is 11.8 Å². The zero-order valence-electron chi connectivity index (χ0n) is 13.0. The third kappa shape index (κ3) is 5.02. The number of halogens is 1. The van der Waals surface area contributed by atoms with Gasteiger partial charge in [0.25, 0.3) is 0 Å². The molecule has 1 aromatic carbocycles. The summed E-state index contributed by atoms with van der Waals surface area (Å²) < 4.78 is 0. The molecular formula is C17H23ClN2O2. The van der Waals surface area contributed by atoms with Gasteiger partial charge in [0.2, 0.25) is 0 Å². The van der Waals surface area contributed by atoms with Crippen LogP contribution in [0.25, 0.3) is 0 Å². The van der Waals surface area contributed by atoms with Gasteiger partial charge < -0.3 is 10.6 Å². The lowest BCUT2D eigenvalue weighted by Gasteiger charge is -2.10. The van der Waals surface area contributed by atoms with Gasteiger partial charge in [0, 0.05) is 17.3 Å². The molecule has 2 N–H and O–H groups in total. The van der Waals surface area contributed by atoms with Crippen molar-refractivity contribution in [3.05, 3.63) is 28.8 Å². The van der Waals surface area contributed by atoms with E-state index in [0.717, 1.165) is 24.3 Å². The predicted molar refractivity (Wildman–Crippen MR) is 89.0 cm³/mol. The molecule has 0 saturated heterocycles. The quantitative estimate of drug-likeness (QED) is 0.642. The molecule has 0 aromatic heterocycles. The van der Waals surface area contributed by atoms with Crippen LogP contribution in [0.1, 0.15) is 44.1 Å². The molecule has 5 heteroatoms. The van der Waals surface area contributed by atoms with E-state index in [9.17, 15) is 9.59 Å². The number of hydrogen-bond acceptors (Lipinski definition) is 2. The zero-order valence-corrected chi connectivity index (χ0v) is 13.7. The van der Waals surface area contributed by atoms with Crippen molar-refractivity contribution in [3.63, 3.8) is 0 Å². The highest BCUT2D eigenvalue weighted by atomic mass is 35.5. The second-order valence-corrected chi connectivity index (χ2v) is 6.40. The third-order valence-electron chi connectivity index (χ3n) is 4.19. The molecule has 0 radical (unpaired) electrons. The van der Waals surface area contributed by atoms with Crippen molar-refractivity contribution in [1.29, 1.82) is 0 Å². The van der Waals surface area contributed by atoms with E-state index in [4.69, 9.17) is 11.6 Å². The van der Waals surface area contributed by atoms with Crippen LogP contribution in [-0.2, 0) is 9.59 Å². The first kappa shape index (κ1) is 16.8. The molecule has 1 aliphatic rings. The second kappa shape index (κ2) is 8.18. The average Bonchev–Trinajstić information content (AvgIpc) is 2.99. The molecule has 1 aromatic rings. The lowest BCUT2D eigenvalue weighted by atomic mass is 10.0. The number of carbonyl (C=O) groups excluding carboxylic acids is 2. The number of benzene rings is 1. The first-order chi connectivity index (χ1) is 10.6. The van der Waals surface area contributed by atoms with Crippen LogP contribution >= 0.6 is 11.6 Å². The van der Waals surface area contributed by atoms with Crippen LogP contribution in [0.5, 0.6) is 0 Å². The van der Waals surface area contributed by atoms with Gasteiger partial charge in [-0.05, 0) is 49.4 Å². The van der Waals surface area contributed by atoms with E-state index < -0.39 is 11.8 Å². The minimum absolute atomic E-state index is 0.558. The lowest BCUT2D eigenvalue weighted by molar-refractivity contribution is -0.136. The van der Waals surface area contributed by atoms with Gasteiger partial charge in [-0.1, -0.05) is 37.3 Å². The molecule has 1 fully saturated rings. The first-order valence-corrected chi connectivity index (χ1v) is 8.29. The zero-order chi connectivity index (χ0) is 15.9. The van der Waals surface area contributed by atoms with Gasteiger partial charge in [0.05, 0.1) is 0 Å². The molecule has 1 aliphatic carbocycles. The number of anilines is 1. The Hall–Kier alpha value is -1.55. The maximum Gasteiger partial charge on any atom is 0.313 e. The summed E-state index contributed by atoms with van der Waals surface area (Å²) in [6.07, 6.45) is 7.36. The molecule has 120 valence electrons. The van der Waals surface area contributed by atoms with E-state index in [2.05, 4.69) is 10.6 Å². The number of aryl methyl sites for hydroxylation is 1. The minimum Gasteiger partial charge on any atom is -0.348 e. The molecule has 0 spiro atoms. The normalized spacial score (nSPS) is 14.8. The third-order valence-corrected chi connectivity index (χ3v) is 4.43. The topological polar surface area (TPSA) is 58.2 Å². The Morgan fingerprint density at radius 2 is 1.95 bits per heavy atom. The van der Waals surface area contributed by atoms with Crippen molar-refractivity contribution in [2.75, 3.05) is 11.9 Å². The maximum atomic E-state index is 11.8. The monoisotopic (exact) mass is 322 g/mol. The van der Waals surface area contributed by atoms with E-state index in [0.29, 0.717) is 17.3 Å². The fraction of sp³-hybridized carbons (Fsp3) is 0.529. The van der Waals surface area contributed by atoms with E-state index >= 15 is 0 Å². The summed E-state index contributed by atoms with van der Waals surface area (Å²) in [6.45, 7) is 2.39. The average molecular weight is 323 g/mol. The van der Waals surface area contributed by atoms with E-state index in [-0.39, 0.29) is 0 Å². The molecule has 0 unspecified atom stereocenters. The van der Waals surface area contributed by atoms with Crippen LogP contribution in [0.3, 0.4) is 0 Å². The Balaban J connectivity index is 1.71. The Morgan fingerprint density at radius 1 is 1.23 bits per heavy atom. The fourth-order valence-corrected chi connectivity index (χ4v) is 3.15. The molecule has 0 heterocycles. The smallest absolute Gasteiger partial charge is 0.313 e. The van der Waals surface area contributed by atoms with Gasteiger partial charge in [0.15, 0.2) is 0 Å². The van der Waals surface area contributed by atoms with E-state index in [1.165, 1.54) is 25.7 Å².